The van der Waals surface area contributed by atoms with Crippen LogP contribution in [0.1, 0.15) is 67.2 Å². The summed E-state index contributed by atoms with van der Waals surface area (Å²) in [4.78, 5) is 13.3. The van der Waals surface area contributed by atoms with Gasteiger partial charge in [0.1, 0.15) is 6.10 Å². The Kier molecular flexibility index (Phi) is 8.86. The number of rotatable bonds is 11. The van der Waals surface area contributed by atoms with Crippen molar-refractivity contribution < 1.29 is 18.7 Å². The lowest BCUT2D eigenvalue weighted by molar-refractivity contribution is -0.136. The Morgan fingerprint density at radius 2 is 1.97 bits per heavy atom. The fraction of sp³-hybridized carbons (Fsp3) is 0.760. The summed E-state index contributed by atoms with van der Waals surface area (Å²) in [5.74, 6) is -0.625. The summed E-state index contributed by atoms with van der Waals surface area (Å²) < 4.78 is 18.7. The zero-order valence-electron chi connectivity index (χ0n) is 20.4. The van der Waals surface area contributed by atoms with Gasteiger partial charge in [-0.2, -0.15) is 5.26 Å². The standard InChI is InChI=1S/C25H41NO4Si/c1-8-23(27)25(14-12-16-26)15-13-20(22-18-28-24(6,7)30-22)19(5)21(25)17-29-31(9-2,10-3)11-4/h8,21-22H,1,9-15,17-18H2,2-7H3/t21-,22-,25-/m0/s1. The lowest BCUT2D eigenvalue weighted by atomic mass is 9.59. The van der Waals surface area contributed by atoms with Gasteiger partial charge in [-0.25, -0.2) is 0 Å². The number of carbonyl (C=O) groups excluding carboxylic acids is 1. The molecule has 3 atom stereocenters. The number of ether oxygens (including phenoxy) is 2. The Balaban J connectivity index is 2.48. The van der Waals surface area contributed by atoms with Crippen LogP contribution in [-0.4, -0.2) is 39.2 Å². The molecule has 0 saturated carbocycles. The minimum atomic E-state index is -1.83. The lowest BCUT2D eigenvalue weighted by Crippen LogP contribution is -2.47. The van der Waals surface area contributed by atoms with Crippen LogP contribution < -0.4 is 0 Å². The average molecular weight is 448 g/mol. The summed E-state index contributed by atoms with van der Waals surface area (Å²) in [5.41, 5.74) is 1.78. The van der Waals surface area contributed by atoms with E-state index in [4.69, 9.17) is 13.9 Å². The van der Waals surface area contributed by atoms with E-state index in [0.717, 1.165) is 24.6 Å². The van der Waals surface area contributed by atoms with Crippen LogP contribution in [0.25, 0.3) is 0 Å². The molecule has 5 nitrogen and oxygen atoms in total. The summed E-state index contributed by atoms with van der Waals surface area (Å²) >= 11 is 0. The topological polar surface area (TPSA) is 68.6 Å². The molecule has 0 aromatic heterocycles. The van der Waals surface area contributed by atoms with Gasteiger partial charge in [-0.15, -0.1) is 0 Å². The van der Waals surface area contributed by atoms with E-state index in [-0.39, 0.29) is 17.8 Å². The molecular weight excluding hydrogens is 406 g/mol. The van der Waals surface area contributed by atoms with Crippen molar-refractivity contribution in [2.45, 2.75) is 97.2 Å². The minimum absolute atomic E-state index is 0.0374. The zero-order valence-corrected chi connectivity index (χ0v) is 21.4. The van der Waals surface area contributed by atoms with Crippen molar-refractivity contribution in [1.82, 2.24) is 0 Å². The molecule has 1 aliphatic heterocycles. The number of hydrogen-bond donors (Lipinski definition) is 0. The van der Waals surface area contributed by atoms with E-state index in [2.05, 4.69) is 40.3 Å². The Morgan fingerprint density at radius 1 is 1.32 bits per heavy atom. The van der Waals surface area contributed by atoms with E-state index in [1.165, 1.54) is 17.2 Å². The number of nitriles is 1. The molecule has 1 saturated heterocycles. The maximum Gasteiger partial charge on any atom is 0.192 e. The zero-order chi connectivity index (χ0) is 23.3. The van der Waals surface area contributed by atoms with Crippen LogP contribution in [0.5, 0.6) is 0 Å². The number of carbonyl (C=O) groups is 1. The first-order valence-electron chi connectivity index (χ1n) is 11.8. The van der Waals surface area contributed by atoms with Gasteiger partial charge in [0, 0.05) is 24.4 Å². The molecule has 1 fully saturated rings. The molecule has 6 heteroatoms. The molecule has 0 spiro atoms. The van der Waals surface area contributed by atoms with Gasteiger partial charge >= 0.3 is 0 Å². The molecular formula is C25H41NO4Si. The monoisotopic (exact) mass is 447 g/mol. The van der Waals surface area contributed by atoms with Crippen LogP contribution in [0.4, 0.5) is 0 Å². The second-order valence-electron chi connectivity index (χ2n) is 9.52. The van der Waals surface area contributed by atoms with E-state index in [1.807, 2.05) is 13.8 Å². The maximum absolute atomic E-state index is 13.3. The van der Waals surface area contributed by atoms with Crippen LogP contribution in [0.15, 0.2) is 23.8 Å². The highest BCUT2D eigenvalue weighted by molar-refractivity contribution is 6.73. The number of hydrogen-bond acceptors (Lipinski definition) is 5. The van der Waals surface area contributed by atoms with E-state index in [1.54, 1.807) is 0 Å². The van der Waals surface area contributed by atoms with E-state index in [0.29, 0.717) is 32.5 Å². The van der Waals surface area contributed by atoms with Crippen molar-refractivity contribution in [2.75, 3.05) is 13.2 Å². The molecule has 0 N–H and O–H groups in total. The van der Waals surface area contributed by atoms with Gasteiger partial charge in [-0.1, -0.05) is 32.9 Å². The highest BCUT2D eigenvalue weighted by atomic mass is 28.4. The SMILES string of the molecule is C=CC(=O)[C@@]1(CCC#N)CCC([C@@H]2COC(C)(C)O2)=C(C)[C@@H]1CO[Si](CC)(CC)CC. The molecule has 2 rings (SSSR count). The second-order valence-corrected chi connectivity index (χ2v) is 14.3. The van der Waals surface area contributed by atoms with Gasteiger partial charge in [0.05, 0.1) is 12.7 Å². The van der Waals surface area contributed by atoms with Crippen LogP contribution in [0, 0.1) is 22.7 Å². The van der Waals surface area contributed by atoms with Gasteiger partial charge in [0.15, 0.2) is 19.9 Å². The van der Waals surface area contributed by atoms with Gasteiger partial charge in [-0.3, -0.25) is 4.79 Å². The normalized spacial score (nSPS) is 28.4. The molecule has 0 amide bonds. The molecule has 0 aromatic rings. The Labute approximate surface area is 190 Å². The molecule has 0 bridgehead atoms. The van der Waals surface area contributed by atoms with E-state index in [9.17, 15) is 10.1 Å². The first kappa shape index (κ1) is 26.0. The fourth-order valence-electron chi connectivity index (χ4n) is 5.44. The van der Waals surface area contributed by atoms with Crippen LogP contribution >= 0.6 is 0 Å². The Bertz CT molecular complexity index is 726. The molecule has 0 aromatic carbocycles. The third-order valence-electron chi connectivity index (χ3n) is 7.78. The number of allylic oxidation sites excluding steroid dienone is 1. The van der Waals surface area contributed by atoms with Crippen molar-refractivity contribution >= 4 is 14.1 Å². The molecule has 0 unspecified atom stereocenters. The van der Waals surface area contributed by atoms with Crippen molar-refractivity contribution in [2.24, 2.45) is 11.3 Å². The third-order valence-corrected chi connectivity index (χ3v) is 12.4. The minimum Gasteiger partial charge on any atom is -0.416 e. The molecule has 0 radical (unpaired) electrons. The Hall–Kier alpha value is -1.26. The molecule has 31 heavy (non-hydrogen) atoms. The molecule has 1 aliphatic carbocycles. The first-order valence-corrected chi connectivity index (χ1v) is 14.4. The fourth-order valence-corrected chi connectivity index (χ4v) is 8.07. The summed E-state index contributed by atoms with van der Waals surface area (Å²) in [5, 5.41) is 9.31. The van der Waals surface area contributed by atoms with E-state index < -0.39 is 19.5 Å². The predicted octanol–water partition coefficient (Wildman–Crippen LogP) is 5.93. The maximum atomic E-state index is 13.3. The van der Waals surface area contributed by atoms with E-state index >= 15 is 0 Å². The lowest BCUT2D eigenvalue weighted by Gasteiger charge is -2.46. The van der Waals surface area contributed by atoms with Crippen molar-refractivity contribution in [3.05, 3.63) is 23.8 Å². The first-order chi connectivity index (χ1) is 14.6. The summed E-state index contributed by atoms with van der Waals surface area (Å²) in [6.07, 6.45) is 3.72. The average Bonchev–Trinajstić information content (AvgIpc) is 3.13. The highest BCUT2D eigenvalue weighted by Crippen LogP contribution is 2.50. The van der Waals surface area contributed by atoms with Crippen molar-refractivity contribution in [1.29, 1.82) is 5.26 Å². The smallest absolute Gasteiger partial charge is 0.192 e. The summed E-state index contributed by atoms with van der Waals surface area (Å²) in [6.45, 7) is 17.5. The van der Waals surface area contributed by atoms with Gasteiger partial charge in [0.25, 0.3) is 0 Å². The summed E-state index contributed by atoms with van der Waals surface area (Å²) in [7, 11) is -1.83. The number of nitrogens with zero attached hydrogens (tertiary/aromatic N) is 1. The third kappa shape index (κ3) is 5.39. The molecule has 174 valence electrons. The van der Waals surface area contributed by atoms with Crippen LogP contribution in [-0.2, 0) is 18.7 Å². The van der Waals surface area contributed by atoms with Gasteiger partial charge < -0.3 is 13.9 Å². The summed E-state index contributed by atoms with van der Waals surface area (Å²) in [6, 6.07) is 5.46. The molecule has 1 heterocycles. The predicted molar refractivity (Wildman–Crippen MR) is 126 cm³/mol. The quantitative estimate of drug-likeness (QED) is 0.223. The van der Waals surface area contributed by atoms with Gasteiger partial charge in [-0.05, 0) is 69.8 Å². The Morgan fingerprint density at radius 3 is 2.45 bits per heavy atom. The highest BCUT2D eigenvalue weighted by Gasteiger charge is 2.50. The van der Waals surface area contributed by atoms with Crippen molar-refractivity contribution in [3.63, 3.8) is 0 Å². The van der Waals surface area contributed by atoms with Gasteiger partial charge in [0.2, 0.25) is 0 Å². The van der Waals surface area contributed by atoms with Crippen LogP contribution in [0.3, 0.4) is 0 Å². The largest absolute Gasteiger partial charge is 0.416 e. The number of ketones is 1. The second kappa shape index (κ2) is 10.6. The van der Waals surface area contributed by atoms with Crippen LogP contribution in [0.2, 0.25) is 18.1 Å². The van der Waals surface area contributed by atoms with Crippen molar-refractivity contribution in [3.8, 4) is 6.07 Å². The molecule has 2 aliphatic rings.